The van der Waals surface area contributed by atoms with Gasteiger partial charge in [-0.2, -0.15) is 0 Å². The number of methoxy groups -OCH3 is 1. The molecule has 0 amide bonds. The molecule has 0 aliphatic rings. The van der Waals surface area contributed by atoms with Gasteiger partial charge in [0.15, 0.2) is 11.5 Å². The van der Waals surface area contributed by atoms with Crippen molar-refractivity contribution in [3.8, 4) is 11.5 Å². The lowest BCUT2D eigenvalue weighted by molar-refractivity contribution is 0.311. The number of ether oxygens (including phenoxy) is 2. The number of rotatable bonds is 6. The molecule has 0 aromatic heterocycles. The van der Waals surface area contributed by atoms with E-state index in [1.807, 2.05) is 25.1 Å². The van der Waals surface area contributed by atoms with Crippen molar-refractivity contribution in [2.24, 2.45) is 0 Å². The molecule has 0 saturated heterocycles. The molecule has 112 valence electrons. The average molecular weight is 285 g/mol. The van der Waals surface area contributed by atoms with Crippen molar-refractivity contribution in [3.05, 3.63) is 53.1 Å². The summed E-state index contributed by atoms with van der Waals surface area (Å²) in [5.74, 6) is 1.53. The van der Waals surface area contributed by atoms with Crippen LogP contribution in [-0.2, 0) is 6.54 Å². The maximum absolute atomic E-state index is 5.53. The first kappa shape index (κ1) is 15.2. The molecule has 0 radical (unpaired) electrons. The van der Waals surface area contributed by atoms with Gasteiger partial charge in [-0.15, -0.1) is 0 Å². The second-order valence-corrected chi connectivity index (χ2v) is 5.08. The molecule has 0 aliphatic carbocycles. The number of nitrogens with one attached hydrogen (secondary N) is 1. The maximum atomic E-state index is 5.53. The maximum Gasteiger partial charge on any atom is 0.162 e. The Morgan fingerprint density at radius 1 is 1.00 bits per heavy atom. The zero-order chi connectivity index (χ0) is 15.2. The number of hydrogen-bond acceptors (Lipinski definition) is 3. The lowest BCUT2D eigenvalue weighted by Gasteiger charge is -2.13. The molecule has 0 unspecified atom stereocenters. The summed E-state index contributed by atoms with van der Waals surface area (Å²) in [6, 6.07) is 12.4. The minimum absolute atomic E-state index is 0.631. The molecule has 2 aromatic rings. The largest absolute Gasteiger partial charge is 0.493 e. The molecule has 1 N–H and O–H groups in total. The predicted molar refractivity (Wildman–Crippen MR) is 87.4 cm³/mol. The van der Waals surface area contributed by atoms with Crippen molar-refractivity contribution < 1.29 is 9.47 Å². The van der Waals surface area contributed by atoms with Crippen molar-refractivity contribution in [1.82, 2.24) is 0 Å². The van der Waals surface area contributed by atoms with E-state index in [1.54, 1.807) is 7.11 Å². The minimum atomic E-state index is 0.631. The normalized spacial score (nSPS) is 10.3. The first-order chi connectivity index (χ1) is 10.1. The Balaban J connectivity index is 2.09. The van der Waals surface area contributed by atoms with Crippen molar-refractivity contribution in [2.45, 2.75) is 27.3 Å². The third kappa shape index (κ3) is 3.91. The number of anilines is 1. The van der Waals surface area contributed by atoms with Gasteiger partial charge in [-0.05, 0) is 44.0 Å². The molecule has 2 rings (SSSR count). The highest BCUT2D eigenvalue weighted by Crippen LogP contribution is 2.30. The fraction of sp³-hybridized carbons (Fsp3) is 0.333. The molecule has 3 heteroatoms. The molecular weight excluding hydrogens is 262 g/mol. The Morgan fingerprint density at radius 2 is 1.81 bits per heavy atom. The number of benzene rings is 2. The van der Waals surface area contributed by atoms with E-state index in [1.165, 1.54) is 16.7 Å². The minimum Gasteiger partial charge on any atom is -0.493 e. The van der Waals surface area contributed by atoms with Crippen LogP contribution in [0.15, 0.2) is 36.4 Å². The molecule has 0 bridgehead atoms. The Kier molecular flexibility index (Phi) is 5.09. The highest BCUT2D eigenvalue weighted by atomic mass is 16.5. The molecule has 0 spiro atoms. The Labute approximate surface area is 126 Å². The second kappa shape index (κ2) is 7.02. The van der Waals surface area contributed by atoms with E-state index in [0.717, 1.165) is 23.7 Å². The van der Waals surface area contributed by atoms with Crippen LogP contribution in [0.2, 0.25) is 0 Å². The van der Waals surface area contributed by atoms with E-state index < -0.39 is 0 Å². The summed E-state index contributed by atoms with van der Waals surface area (Å²) in [6.45, 7) is 7.64. The van der Waals surface area contributed by atoms with E-state index in [9.17, 15) is 0 Å². The molecule has 2 aromatic carbocycles. The molecule has 0 atom stereocenters. The van der Waals surface area contributed by atoms with Crippen LogP contribution in [0.1, 0.15) is 23.6 Å². The van der Waals surface area contributed by atoms with Gasteiger partial charge in [0.05, 0.1) is 13.7 Å². The standard InChI is InChI=1S/C18H23NO2/c1-5-21-17-9-8-16(11-18(17)20-4)19-12-15-7-6-13(2)10-14(15)3/h6-11,19H,5,12H2,1-4H3. The van der Waals surface area contributed by atoms with E-state index in [4.69, 9.17) is 9.47 Å². The highest BCUT2D eigenvalue weighted by Gasteiger charge is 2.05. The summed E-state index contributed by atoms with van der Waals surface area (Å²) in [5.41, 5.74) is 4.92. The topological polar surface area (TPSA) is 30.5 Å². The molecular formula is C18H23NO2. The van der Waals surface area contributed by atoms with E-state index in [2.05, 4.69) is 37.4 Å². The molecule has 0 fully saturated rings. The highest BCUT2D eigenvalue weighted by molar-refractivity contribution is 5.55. The lowest BCUT2D eigenvalue weighted by Crippen LogP contribution is -2.02. The summed E-state index contributed by atoms with van der Waals surface area (Å²) >= 11 is 0. The van der Waals surface area contributed by atoms with Gasteiger partial charge in [0.2, 0.25) is 0 Å². The summed E-state index contributed by atoms with van der Waals surface area (Å²) in [7, 11) is 1.66. The van der Waals surface area contributed by atoms with Gasteiger partial charge in [0.25, 0.3) is 0 Å². The van der Waals surface area contributed by atoms with Crippen LogP contribution < -0.4 is 14.8 Å². The van der Waals surface area contributed by atoms with Gasteiger partial charge >= 0.3 is 0 Å². The van der Waals surface area contributed by atoms with Crippen LogP contribution in [-0.4, -0.2) is 13.7 Å². The number of hydrogen-bond donors (Lipinski definition) is 1. The Morgan fingerprint density at radius 3 is 2.48 bits per heavy atom. The van der Waals surface area contributed by atoms with Gasteiger partial charge in [-0.3, -0.25) is 0 Å². The quantitative estimate of drug-likeness (QED) is 0.857. The van der Waals surface area contributed by atoms with Crippen molar-refractivity contribution in [3.63, 3.8) is 0 Å². The first-order valence-corrected chi connectivity index (χ1v) is 7.25. The van der Waals surface area contributed by atoms with Crippen LogP contribution in [0.4, 0.5) is 5.69 Å². The van der Waals surface area contributed by atoms with Crippen LogP contribution in [0, 0.1) is 13.8 Å². The van der Waals surface area contributed by atoms with E-state index in [-0.39, 0.29) is 0 Å². The van der Waals surface area contributed by atoms with Crippen molar-refractivity contribution in [1.29, 1.82) is 0 Å². The summed E-state index contributed by atoms with van der Waals surface area (Å²) in [6.07, 6.45) is 0. The summed E-state index contributed by atoms with van der Waals surface area (Å²) in [4.78, 5) is 0. The predicted octanol–water partition coefficient (Wildman–Crippen LogP) is 4.32. The fourth-order valence-electron chi connectivity index (χ4n) is 2.29. The van der Waals surface area contributed by atoms with Gasteiger partial charge < -0.3 is 14.8 Å². The average Bonchev–Trinajstić information content (AvgIpc) is 2.47. The SMILES string of the molecule is CCOc1ccc(NCc2ccc(C)cc2C)cc1OC. The van der Waals surface area contributed by atoms with E-state index in [0.29, 0.717) is 6.61 Å². The summed E-state index contributed by atoms with van der Waals surface area (Å²) < 4.78 is 10.9. The van der Waals surface area contributed by atoms with Gasteiger partial charge in [0.1, 0.15) is 0 Å². The zero-order valence-corrected chi connectivity index (χ0v) is 13.2. The zero-order valence-electron chi connectivity index (χ0n) is 13.2. The molecule has 3 nitrogen and oxygen atoms in total. The molecule has 0 aliphatic heterocycles. The third-order valence-electron chi connectivity index (χ3n) is 3.44. The first-order valence-electron chi connectivity index (χ1n) is 7.25. The van der Waals surface area contributed by atoms with Crippen LogP contribution in [0.25, 0.3) is 0 Å². The third-order valence-corrected chi connectivity index (χ3v) is 3.44. The molecule has 21 heavy (non-hydrogen) atoms. The van der Waals surface area contributed by atoms with E-state index >= 15 is 0 Å². The smallest absolute Gasteiger partial charge is 0.162 e. The second-order valence-electron chi connectivity index (χ2n) is 5.08. The summed E-state index contributed by atoms with van der Waals surface area (Å²) in [5, 5.41) is 3.43. The fourth-order valence-corrected chi connectivity index (χ4v) is 2.29. The van der Waals surface area contributed by atoms with Gasteiger partial charge in [0, 0.05) is 18.3 Å². The Hall–Kier alpha value is -2.16. The van der Waals surface area contributed by atoms with Crippen molar-refractivity contribution >= 4 is 5.69 Å². The van der Waals surface area contributed by atoms with Gasteiger partial charge in [-0.1, -0.05) is 23.8 Å². The Bertz CT molecular complexity index is 608. The van der Waals surface area contributed by atoms with Crippen molar-refractivity contribution in [2.75, 3.05) is 19.0 Å². The molecule has 0 heterocycles. The molecule has 0 saturated carbocycles. The van der Waals surface area contributed by atoms with Crippen LogP contribution in [0.5, 0.6) is 11.5 Å². The number of aryl methyl sites for hydroxylation is 2. The van der Waals surface area contributed by atoms with Gasteiger partial charge in [-0.25, -0.2) is 0 Å². The lowest BCUT2D eigenvalue weighted by atomic mass is 10.1. The van der Waals surface area contributed by atoms with Crippen LogP contribution >= 0.6 is 0 Å². The monoisotopic (exact) mass is 285 g/mol. The van der Waals surface area contributed by atoms with Crippen LogP contribution in [0.3, 0.4) is 0 Å².